The Labute approximate surface area is 163 Å². The van der Waals surface area contributed by atoms with Crippen molar-refractivity contribution in [2.45, 2.75) is 6.61 Å². The molecule has 2 aromatic carbocycles. The molecule has 0 aliphatic rings. The van der Waals surface area contributed by atoms with Gasteiger partial charge in [0.2, 0.25) is 0 Å². The molecule has 1 aromatic heterocycles. The van der Waals surface area contributed by atoms with Crippen LogP contribution in [0.15, 0.2) is 56.0 Å². The van der Waals surface area contributed by atoms with Crippen LogP contribution in [0.4, 0.5) is 0 Å². The predicted octanol–water partition coefficient (Wildman–Crippen LogP) is 5.11. The van der Waals surface area contributed by atoms with Crippen LogP contribution in [0.1, 0.15) is 5.56 Å². The van der Waals surface area contributed by atoms with Gasteiger partial charge in [-0.25, -0.2) is 4.98 Å². The van der Waals surface area contributed by atoms with E-state index in [2.05, 4.69) is 63.0 Å². The Morgan fingerprint density at radius 1 is 0.958 bits per heavy atom. The SMILES string of the molecule is Oc1c(Br)cc(-c2cnc(OCc3ccc(Br)cc3)nn2)cc1Br. The largest absolute Gasteiger partial charge is 0.506 e. The summed E-state index contributed by atoms with van der Waals surface area (Å²) < 4.78 is 7.66. The molecule has 24 heavy (non-hydrogen) atoms. The van der Waals surface area contributed by atoms with Gasteiger partial charge in [0.25, 0.3) is 0 Å². The number of phenolic OH excluding ortho intramolecular Hbond substituents is 1. The highest BCUT2D eigenvalue weighted by Gasteiger charge is 2.10. The summed E-state index contributed by atoms with van der Waals surface area (Å²) in [6.45, 7) is 0.366. The van der Waals surface area contributed by atoms with Crippen LogP contribution in [0.5, 0.6) is 11.8 Å². The number of ether oxygens (including phenoxy) is 1. The summed E-state index contributed by atoms with van der Waals surface area (Å²) >= 11 is 9.96. The second kappa shape index (κ2) is 7.58. The second-order valence-corrected chi connectivity index (χ2v) is 7.45. The normalized spacial score (nSPS) is 10.6. The first-order valence-electron chi connectivity index (χ1n) is 6.78. The molecule has 8 heteroatoms. The van der Waals surface area contributed by atoms with E-state index in [1.807, 2.05) is 24.3 Å². The first-order chi connectivity index (χ1) is 11.5. The maximum absolute atomic E-state index is 9.75. The van der Waals surface area contributed by atoms with Gasteiger partial charge in [-0.2, -0.15) is 0 Å². The predicted molar refractivity (Wildman–Crippen MR) is 101 cm³/mol. The zero-order valence-corrected chi connectivity index (χ0v) is 16.8. The molecule has 0 unspecified atom stereocenters. The fourth-order valence-electron chi connectivity index (χ4n) is 1.90. The van der Waals surface area contributed by atoms with Gasteiger partial charge in [-0.1, -0.05) is 33.2 Å². The highest BCUT2D eigenvalue weighted by atomic mass is 79.9. The standard InChI is InChI=1S/C16H10Br3N3O2/c17-11-3-1-9(2-4-11)8-24-16-20-7-14(21-22-16)10-5-12(18)15(23)13(19)6-10/h1-7,23H,8H2. The molecule has 0 aliphatic heterocycles. The minimum Gasteiger partial charge on any atom is -0.506 e. The van der Waals surface area contributed by atoms with E-state index in [0.717, 1.165) is 15.6 Å². The van der Waals surface area contributed by atoms with Crippen molar-refractivity contribution < 1.29 is 9.84 Å². The van der Waals surface area contributed by atoms with Crippen LogP contribution < -0.4 is 4.74 Å². The molecule has 3 rings (SSSR count). The van der Waals surface area contributed by atoms with Crippen molar-refractivity contribution in [2.75, 3.05) is 0 Å². The molecule has 1 N–H and O–H groups in total. The first kappa shape index (κ1) is 17.3. The van der Waals surface area contributed by atoms with Crippen LogP contribution >= 0.6 is 47.8 Å². The summed E-state index contributed by atoms with van der Waals surface area (Å²) in [7, 11) is 0. The summed E-state index contributed by atoms with van der Waals surface area (Å²) in [4.78, 5) is 4.17. The monoisotopic (exact) mass is 513 g/mol. The van der Waals surface area contributed by atoms with Crippen molar-refractivity contribution in [2.24, 2.45) is 0 Å². The van der Waals surface area contributed by atoms with Crippen LogP contribution in [0, 0.1) is 0 Å². The Balaban J connectivity index is 1.72. The topological polar surface area (TPSA) is 68.1 Å². The van der Waals surface area contributed by atoms with Crippen molar-refractivity contribution in [3.63, 3.8) is 0 Å². The molecule has 0 radical (unpaired) electrons. The molecule has 122 valence electrons. The molecule has 1 heterocycles. The number of halogens is 3. The van der Waals surface area contributed by atoms with Gasteiger partial charge in [0, 0.05) is 10.0 Å². The van der Waals surface area contributed by atoms with Crippen LogP contribution in [-0.4, -0.2) is 20.3 Å². The van der Waals surface area contributed by atoms with Gasteiger partial charge >= 0.3 is 6.01 Å². The summed E-state index contributed by atoms with van der Waals surface area (Å²) in [6, 6.07) is 11.5. The average Bonchev–Trinajstić information content (AvgIpc) is 2.59. The van der Waals surface area contributed by atoms with Gasteiger partial charge in [-0.3, -0.25) is 0 Å². The summed E-state index contributed by atoms with van der Waals surface area (Å²) in [6.07, 6.45) is 1.58. The molecule has 0 spiro atoms. The van der Waals surface area contributed by atoms with Gasteiger partial charge in [0.05, 0.1) is 15.1 Å². The molecule has 0 fully saturated rings. The summed E-state index contributed by atoms with van der Waals surface area (Å²) in [5, 5.41) is 17.9. The van der Waals surface area contributed by atoms with Crippen LogP contribution in [0.2, 0.25) is 0 Å². The molecular formula is C16H10Br3N3O2. The van der Waals surface area contributed by atoms with Crippen molar-refractivity contribution in [1.29, 1.82) is 0 Å². The smallest absolute Gasteiger partial charge is 0.336 e. The minimum atomic E-state index is 0.133. The van der Waals surface area contributed by atoms with E-state index in [9.17, 15) is 5.11 Å². The van der Waals surface area contributed by atoms with Gasteiger partial charge in [-0.15, -0.1) is 5.10 Å². The minimum absolute atomic E-state index is 0.133. The summed E-state index contributed by atoms with van der Waals surface area (Å²) in [5.74, 6) is 0.133. The van der Waals surface area contributed by atoms with Crippen molar-refractivity contribution >= 4 is 47.8 Å². The number of phenols is 1. The lowest BCUT2D eigenvalue weighted by Gasteiger charge is -2.06. The van der Waals surface area contributed by atoms with Crippen molar-refractivity contribution in [1.82, 2.24) is 15.2 Å². The zero-order valence-electron chi connectivity index (χ0n) is 12.1. The van der Waals surface area contributed by atoms with E-state index in [4.69, 9.17) is 4.74 Å². The lowest BCUT2D eigenvalue weighted by molar-refractivity contribution is 0.276. The van der Waals surface area contributed by atoms with Crippen LogP contribution in [0.25, 0.3) is 11.3 Å². The maximum Gasteiger partial charge on any atom is 0.336 e. The third-order valence-electron chi connectivity index (χ3n) is 3.13. The Kier molecular flexibility index (Phi) is 5.47. The Hall–Kier alpha value is -1.51. The summed E-state index contributed by atoms with van der Waals surface area (Å²) in [5.41, 5.74) is 2.36. The van der Waals surface area contributed by atoms with E-state index in [0.29, 0.717) is 21.2 Å². The van der Waals surface area contributed by atoms with Gasteiger partial charge in [0.15, 0.2) is 0 Å². The molecule has 0 atom stereocenters. The zero-order chi connectivity index (χ0) is 17.1. The third kappa shape index (κ3) is 4.12. The van der Waals surface area contributed by atoms with E-state index in [1.54, 1.807) is 18.3 Å². The average molecular weight is 516 g/mol. The molecule has 5 nitrogen and oxygen atoms in total. The second-order valence-electron chi connectivity index (χ2n) is 4.83. The quantitative estimate of drug-likeness (QED) is 0.523. The van der Waals surface area contributed by atoms with Gasteiger partial charge < -0.3 is 9.84 Å². The van der Waals surface area contributed by atoms with Crippen molar-refractivity contribution in [3.8, 4) is 23.0 Å². The van der Waals surface area contributed by atoms with E-state index < -0.39 is 0 Å². The molecular weight excluding hydrogens is 506 g/mol. The molecule has 0 amide bonds. The molecule has 0 saturated heterocycles. The maximum atomic E-state index is 9.75. The van der Waals surface area contributed by atoms with Crippen molar-refractivity contribution in [3.05, 3.63) is 61.6 Å². The highest BCUT2D eigenvalue weighted by Crippen LogP contribution is 2.36. The fraction of sp³-hybridized carbons (Fsp3) is 0.0625. The molecule has 0 bridgehead atoms. The van der Waals surface area contributed by atoms with E-state index in [1.165, 1.54) is 0 Å². The Morgan fingerprint density at radius 3 is 2.21 bits per heavy atom. The van der Waals surface area contributed by atoms with Gasteiger partial charge in [0.1, 0.15) is 18.1 Å². The number of aromatic hydroxyl groups is 1. The van der Waals surface area contributed by atoms with E-state index in [-0.39, 0.29) is 11.8 Å². The first-order valence-corrected chi connectivity index (χ1v) is 9.16. The number of benzene rings is 2. The molecule has 0 aliphatic carbocycles. The highest BCUT2D eigenvalue weighted by molar-refractivity contribution is 9.11. The number of rotatable bonds is 4. The fourth-order valence-corrected chi connectivity index (χ4v) is 3.36. The number of hydrogen-bond donors (Lipinski definition) is 1. The van der Waals surface area contributed by atoms with Crippen LogP contribution in [0.3, 0.4) is 0 Å². The molecule has 0 saturated carbocycles. The lowest BCUT2D eigenvalue weighted by atomic mass is 10.1. The molecule has 3 aromatic rings. The number of nitrogens with zero attached hydrogens (tertiary/aromatic N) is 3. The Morgan fingerprint density at radius 2 is 1.62 bits per heavy atom. The van der Waals surface area contributed by atoms with E-state index >= 15 is 0 Å². The number of hydrogen-bond acceptors (Lipinski definition) is 5. The third-order valence-corrected chi connectivity index (χ3v) is 4.87. The Bertz CT molecular complexity index is 832. The van der Waals surface area contributed by atoms with Crippen LogP contribution in [-0.2, 0) is 6.61 Å². The number of aromatic nitrogens is 3. The van der Waals surface area contributed by atoms with Gasteiger partial charge in [-0.05, 0) is 61.7 Å². The lowest BCUT2D eigenvalue weighted by Crippen LogP contribution is -2.01.